The Labute approximate surface area is 318 Å². The van der Waals surface area contributed by atoms with E-state index in [2.05, 4.69) is 149 Å². The van der Waals surface area contributed by atoms with Gasteiger partial charge in [-0.1, -0.05) is 115 Å². The topological polar surface area (TPSA) is 54.8 Å². The SMILES string of the molecule is c1ccc(-c2nc(-c3ccc(N(c4ccc(-c5ccc6ccccc6c5)cc4)c4ccc(-c5ncc6ccccc6n5)cc4)cc3)cc3cccnc23)cc1. The van der Waals surface area contributed by atoms with E-state index in [0.29, 0.717) is 5.82 Å². The summed E-state index contributed by atoms with van der Waals surface area (Å²) in [5.74, 6) is 0.703. The molecule has 0 bridgehead atoms. The second kappa shape index (κ2) is 13.8. The van der Waals surface area contributed by atoms with E-state index in [1.807, 2.05) is 60.9 Å². The summed E-state index contributed by atoms with van der Waals surface area (Å²) in [4.78, 5) is 21.7. The monoisotopic (exact) mass is 703 g/mol. The molecule has 5 nitrogen and oxygen atoms in total. The first-order valence-corrected chi connectivity index (χ1v) is 18.4. The molecular weight excluding hydrogens is 671 g/mol. The van der Waals surface area contributed by atoms with Gasteiger partial charge in [0.1, 0.15) is 0 Å². The van der Waals surface area contributed by atoms with E-state index < -0.39 is 0 Å². The molecule has 0 amide bonds. The summed E-state index contributed by atoms with van der Waals surface area (Å²) < 4.78 is 0. The van der Waals surface area contributed by atoms with Gasteiger partial charge in [0.05, 0.1) is 22.4 Å². The Hall–Kier alpha value is -7.50. The Morgan fingerprint density at radius 2 is 0.964 bits per heavy atom. The standard InChI is InChI=1S/C50H33N5/c1-2-10-37(11-3-1)49-48-41(14-8-30-51-48)32-47(53-49)36-20-26-44(27-21-36)55(43-24-18-35(19-25-43)40-17-16-34-9-4-5-12-39(34)31-40)45-28-22-38(23-29-45)50-52-33-42-13-6-7-15-46(42)54-50/h1-33H. The molecule has 10 rings (SSSR count). The summed E-state index contributed by atoms with van der Waals surface area (Å²) in [5, 5.41) is 4.55. The predicted octanol–water partition coefficient (Wildman–Crippen LogP) is 12.9. The summed E-state index contributed by atoms with van der Waals surface area (Å²) in [5.41, 5.74) is 12.1. The van der Waals surface area contributed by atoms with Crippen LogP contribution in [-0.4, -0.2) is 19.9 Å². The number of nitrogens with zero attached hydrogens (tertiary/aromatic N) is 5. The Bertz CT molecular complexity index is 2840. The number of hydrogen-bond donors (Lipinski definition) is 0. The van der Waals surface area contributed by atoms with Gasteiger partial charge in [-0.15, -0.1) is 0 Å². The maximum absolute atomic E-state index is 5.16. The molecule has 0 radical (unpaired) electrons. The molecule has 3 heterocycles. The van der Waals surface area contributed by atoms with Crippen molar-refractivity contribution >= 4 is 49.6 Å². The molecule has 0 fully saturated rings. The molecule has 0 saturated carbocycles. The van der Waals surface area contributed by atoms with E-state index in [1.54, 1.807) is 0 Å². The normalized spacial score (nSPS) is 11.3. The van der Waals surface area contributed by atoms with Crippen LogP contribution in [0.15, 0.2) is 200 Å². The zero-order chi connectivity index (χ0) is 36.6. The first-order chi connectivity index (χ1) is 27.2. The van der Waals surface area contributed by atoms with Gasteiger partial charge >= 0.3 is 0 Å². The lowest BCUT2D eigenvalue weighted by molar-refractivity contribution is 1.22. The average Bonchev–Trinajstić information content (AvgIpc) is 3.27. The number of rotatable bonds is 7. The largest absolute Gasteiger partial charge is 0.311 e. The van der Waals surface area contributed by atoms with Crippen molar-refractivity contribution in [3.8, 4) is 45.0 Å². The molecular formula is C50H33N5. The van der Waals surface area contributed by atoms with Crippen molar-refractivity contribution in [3.05, 3.63) is 200 Å². The van der Waals surface area contributed by atoms with Gasteiger partial charge in [-0.25, -0.2) is 15.0 Å². The van der Waals surface area contributed by atoms with Crippen LogP contribution in [0.1, 0.15) is 0 Å². The summed E-state index contributed by atoms with van der Waals surface area (Å²) >= 11 is 0. The van der Waals surface area contributed by atoms with Gasteiger partial charge in [-0.3, -0.25) is 4.98 Å². The molecule has 258 valence electrons. The highest BCUT2D eigenvalue weighted by molar-refractivity contribution is 5.94. The summed E-state index contributed by atoms with van der Waals surface area (Å²) in [6.45, 7) is 0. The predicted molar refractivity (Wildman–Crippen MR) is 227 cm³/mol. The Morgan fingerprint density at radius 3 is 1.71 bits per heavy atom. The third kappa shape index (κ3) is 6.24. The number of hydrogen-bond acceptors (Lipinski definition) is 5. The number of pyridine rings is 2. The number of anilines is 3. The van der Waals surface area contributed by atoms with Gasteiger partial charge < -0.3 is 4.90 Å². The molecule has 0 aliphatic rings. The lowest BCUT2D eigenvalue weighted by atomic mass is 10.0. The van der Waals surface area contributed by atoms with Crippen molar-refractivity contribution in [3.63, 3.8) is 0 Å². The van der Waals surface area contributed by atoms with Gasteiger partial charge in [-0.05, 0) is 94.7 Å². The average molecular weight is 704 g/mol. The first-order valence-electron chi connectivity index (χ1n) is 18.4. The van der Waals surface area contributed by atoms with Gasteiger partial charge in [0.2, 0.25) is 0 Å². The van der Waals surface area contributed by atoms with Crippen LogP contribution in [0.5, 0.6) is 0 Å². The molecule has 10 aromatic rings. The summed E-state index contributed by atoms with van der Waals surface area (Å²) in [7, 11) is 0. The third-order valence-electron chi connectivity index (χ3n) is 10.1. The molecule has 0 aliphatic carbocycles. The quantitative estimate of drug-likeness (QED) is 0.165. The molecule has 3 aromatic heterocycles. The van der Waals surface area contributed by atoms with Crippen molar-refractivity contribution in [2.24, 2.45) is 0 Å². The fourth-order valence-electron chi connectivity index (χ4n) is 7.30. The molecule has 7 aromatic carbocycles. The van der Waals surface area contributed by atoms with Crippen LogP contribution in [0, 0.1) is 0 Å². The van der Waals surface area contributed by atoms with Crippen LogP contribution in [-0.2, 0) is 0 Å². The maximum atomic E-state index is 5.16. The van der Waals surface area contributed by atoms with Crippen LogP contribution >= 0.6 is 0 Å². The van der Waals surface area contributed by atoms with Crippen molar-refractivity contribution in [2.75, 3.05) is 4.90 Å². The minimum Gasteiger partial charge on any atom is -0.311 e. The van der Waals surface area contributed by atoms with Gasteiger partial charge in [-0.2, -0.15) is 0 Å². The van der Waals surface area contributed by atoms with Crippen LogP contribution < -0.4 is 4.90 Å². The van der Waals surface area contributed by atoms with E-state index in [4.69, 9.17) is 15.0 Å². The minimum atomic E-state index is 0.703. The van der Waals surface area contributed by atoms with Crippen molar-refractivity contribution in [1.82, 2.24) is 19.9 Å². The van der Waals surface area contributed by atoms with E-state index in [0.717, 1.165) is 66.9 Å². The van der Waals surface area contributed by atoms with Crippen molar-refractivity contribution in [2.45, 2.75) is 0 Å². The van der Waals surface area contributed by atoms with Gasteiger partial charge in [0, 0.05) is 56.9 Å². The van der Waals surface area contributed by atoms with E-state index in [9.17, 15) is 0 Å². The zero-order valence-corrected chi connectivity index (χ0v) is 29.8. The molecule has 5 heteroatoms. The van der Waals surface area contributed by atoms with E-state index in [-0.39, 0.29) is 0 Å². The second-order valence-corrected chi connectivity index (χ2v) is 13.6. The molecule has 55 heavy (non-hydrogen) atoms. The van der Waals surface area contributed by atoms with E-state index in [1.165, 1.54) is 21.9 Å². The number of fused-ring (bicyclic) bond motifs is 3. The molecule has 0 saturated heterocycles. The van der Waals surface area contributed by atoms with Crippen LogP contribution in [0.4, 0.5) is 17.1 Å². The smallest absolute Gasteiger partial charge is 0.159 e. The number of benzene rings is 7. The van der Waals surface area contributed by atoms with Gasteiger partial charge in [0.15, 0.2) is 5.82 Å². The molecule has 0 aliphatic heterocycles. The maximum Gasteiger partial charge on any atom is 0.159 e. The molecule has 0 N–H and O–H groups in total. The highest BCUT2D eigenvalue weighted by Crippen LogP contribution is 2.38. The highest BCUT2D eigenvalue weighted by atomic mass is 15.1. The van der Waals surface area contributed by atoms with Gasteiger partial charge in [0.25, 0.3) is 0 Å². The van der Waals surface area contributed by atoms with Crippen molar-refractivity contribution in [1.29, 1.82) is 0 Å². The number of para-hydroxylation sites is 1. The zero-order valence-electron chi connectivity index (χ0n) is 29.8. The Kier molecular flexibility index (Phi) is 8.08. The van der Waals surface area contributed by atoms with Crippen molar-refractivity contribution < 1.29 is 0 Å². The Morgan fingerprint density at radius 1 is 0.364 bits per heavy atom. The molecule has 0 unspecified atom stereocenters. The van der Waals surface area contributed by atoms with Crippen LogP contribution in [0.3, 0.4) is 0 Å². The lowest BCUT2D eigenvalue weighted by Gasteiger charge is -2.26. The molecule has 0 atom stereocenters. The summed E-state index contributed by atoms with van der Waals surface area (Å²) in [6.07, 6.45) is 3.72. The fourth-order valence-corrected chi connectivity index (χ4v) is 7.30. The van der Waals surface area contributed by atoms with Crippen LogP contribution in [0.25, 0.3) is 77.6 Å². The second-order valence-electron chi connectivity index (χ2n) is 13.6. The minimum absolute atomic E-state index is 0.703. The number of aromatic nitrogens is 4. The fraction of sp³-hybridized carbons (Fsp3) is 0. The summed E-state index contributed by atoms with van der Waals surface area (Å²) in [6, 6.07) is 65.6. The Balaban J connectivity index is 1.03. The first kappa shape index (κ1) is 32.2. The molecule has 0 spiro atoms. The lowest BCUT2D eigenvalue weighted by Crippen LogP contribution is -2.10. The van der Waals surface area contributed by atoms with Crippen LogP contribution in [0.2, 0.25) is 0 Å². The highest BCUT2D eigenvalue weighted by Gasteiger charge is 2.16. The third-order valence-corrected chi connectivity index (χ3v) is 10.1. The van der Waals surface area contributed by atoms with E-state index >= 15 is 0 Å².